The minimum atomic E-state index is -0.532. The van der Waals surface area contributed by atoms with Crippen LogP contribution in [0, 0.1) is 0 Å². The standard InChI is InChI=1S/C11H16O4/c1-5-9(15-11(13)7-3)8(4)14-10(12)6-2/h6-9H,2-3,5H2,1,4H3. The van der Waals surface area contributed by atoms with E-state index in [0.29, 0.717) is 6.42 Å². The molecule has 0 bridgehead atoms. The van der Waals surface area contributed by atoms with Crippen molar-refractivity contribution in [1.29, 1.82) is 0 Å². The molecule has 0 heterocycles. The second kappa shape index (κ2) is 6.81. The van der Waals surface area contributed by atoms with Crippen molar-refractivity contribution in [3.05, 3.63) is 25.3 Å². The van der Waals surface area contributed by atoms with Gasteiger partial charge in [-0.15, -0.1) is 0 Å². The highest BCUT2D eigenvalue weighted by atomic mass is 16.6. The molecule has 4 nitrogen and oxygen atoms in total. The van der Waals surface area contributed by atoms with Crippen molar-refractivity contribution in [2.24, 2.45) is 0 Å². The van der Waals surface area contributed by atoms with Crippen molar-refractivity contribution < 1.29 is 19.1 Å². The summed E-state index contributed by atoms with van der Waals surface area (Å²) in [6, 6.07) is 0. The third kappa shape index (κ3) is 5.00. The van der Waals surface area contributed by atoms with Crippen LogP contribution < -0.4 is 0 Å². The van der Waals surface area contributed by atoms with Crippen LogP contribution >= 0.6 is 0 Å². The van der Waals surface area contributed by atoms with Crippen LogP contribution in [-0.4, -0.2) is 24.1 Å². The monoisotopic (exact) mass is 212 g/mol. The Morgan fingerprint density at radius 3 is 2.07 bits per heavy atom. The van der Waals surface area contributed by atoms with Crippen molar-refractivity contribution in [1.82, 2.24) is 0 Å². The molecule has 0 aliphatic carbocycles. The van der Waals surface area contributed by atoms with Crippen LogP contribution in [0.5, 0.6) is 0 Å². The van der Waals surface area contributed by atoms with Crippen LogP contribution in [0.15, 0.2) is 25.3 Å². The second-order valence-electron chi connectivity index (χ2n) is 2.93. The van der Waals surface area contributed by atoms with Gasteiger partial charge in [0, 0.05) is 12.2 Å². The Kier molecular flexibility index (Phi) is 6.09. The molecular weight excluding hydrogens is 196 g/mol. The summed E-state index contributed by atoms with van der Waals surface area (Å²) < 4.78 is 9.92. The minimum Gasteiger partial charge on any atom is -0.456 e. The third-order valence-corrected chi connectivity index (χ3v) is 1.83. The Bertz CT molecular complexity index is 257. The van der Waals surface area contributed by atoms with E-state index < -0.39 is 24.1 Å². The summed E-state index contributed by atoms with van der Waals surface area (Å²) >= 11 is 0. The van der Waals surface area contributed by atoms with Gasteiger partial charge in [0.1, 0.15) is 12.2 Å². The maximum atomic E-state index is 10.9. The van der Waals surface area contributed by atoms with Crippen molar-refractivity contribution in [3.63, 3.8) is 0 Å². The largest absolute Gasteiger partial charge is 0.456 e. The van der Waals surface area contributed by atoms with Crippen molar-refractivity contribution in [2.75, 3.05) is 0 Å². The maximum Gasteiger partial charge on any atom is 0.330 e. The Morgan fingerprint density at radius 2 is 1.67 bits per heavy atom. The molecule has 0 radical (unpaired) electrons. The van der Waals surface area contributed by atoms with Gasteiger partial charge in [-0.25, -0.2) is 9.59 Å². The molecule has 0 saturated carbocycles. The Balaban J connectivity index is 4.26. The van der Waals surface area contributed by atoms with E-state index in [1.807, 2.05) is 6.92 Å². The molecule has 0 rings (SSSR count). The van der Waals surface area contributed by atoms with Crippen LogP contribution in [0.1, 0.15) is 20.3 Å². The summed E-state index contributed by atoms with van der Waals surface area (Å²) in [5, 5.41) is 0. The molecule has 4 heteroatoms. The minimum absolute atomic E-state index is 0.459. The van der Waals surface area contributed by atoms with Crippen LogP contribution in [0.3, 0.4) is 0 Å². The maximum absolute atomic E-state index is 10.9. The third-order valence-electron chi connectivity index (χ3n) is 1.83. The molecule has 0 amide bonds. The van der Waals surface area contributed by atoms with Gasteiger partial charge in [0.25, 0.3) is 0 Å². The van der Waals surface area contributed by atoms with Crippen LogP contribution in [0.4, 0.5) is 0 Å². The van der Waals surface area contributed by atoms with E-state index in [2.05, 4.69) is 13.2 Å². The quantitative estimate of drug-likeness (QED) is 0.496. The predicted octanol–water partition coefficient (Wildman–Crippen LogP) is 1.61. The summed E-state index contributed by atoms with van der Waals surface area (Å²) in [6.07, 6.45) is 1.75. The zero-order valence-electron chi connectivity index (χ0n) is 9.06. The number of rotatable bonds is 6. The predicted molar refractivity (Wildman–Crippen MR) is 56.1 cm³/mol. The first-order chi connectivity index (χ1) is 7.04. The average molecular weight is 212 g/mol. The van der Waals surface area contributed by atoms with Gasteiger partial charge in [-0.1, -0.05) is 20.1 Å². The van der Waals surface area contributed by atoms with Gasteiger partial charge in [0.15, 0.2) is 0 Å². The summed E-state index contributed by atoms with van der Waals surface area (Å²) in [5.74, 6) is -1.06. The van der Waals surface area contributed by atoms with Gasteiger partial charge in [0.2, 0.25) is 0 Å². The molecule has 2 atom stereocenters. The summed E-state index contributed by atoms with van der Waals surface area (Å²) in [4.78, 5) is 21.8. The number of hydrogen-bond acceptors (Lipinski definition) is 4. The molecule has 0 aromatic rings. The van der Waals surface area contributed by atoms with Gasteiger partial charge < -0.3 is 9.47 Å². The average Bonchev–Trinajstić information content (AvgIpc) is 2.24. The topological polar surface area (TPSA) is 52.6 Å². The van der Waals surface area contributed by atoms with E-state index >= 15 is 0 Å². The molecule has 0 spiro atoms. The Labute approximate surface area is 89.6 Å². The highest BCUT2D eigenvalue weighted by Crippen LogP contribution is 2.09. The molecule has 84 valence electrons. The lowest BCUT2D eigenvalue weighted by atomic mass is 10.2. The van der Waals surface area contributed by atoms with Crippen LogP contribution in [0.2, 0.25) is 0 Å². The van der Waals surface area contributed by atoms with Crippen LogP contribution in [-0.2, 0) is 19.1 Å². The summed E-state index contributed by atoms with van der Waals surface area (Å²) in [7, 11) is 0. The molecule has 0 aliphatic heterocycles. The summed E-state index contributed by atoms with van der Waals surface area (Å²) in [5.41, 5.74) is 0. The van der Waals surface area contributed by atoms with Gasteiger partial charge in [-0.3, -0.25) is 0 Å². The van der Waals surface area contributed by atoms with Gasteiger partial charge in [-0.2, -0.15) is 0 Å². The number of carbonyl (C=O) groups is 2. The molecular formula is C11H16O4. The smallest absolute Gasteiger partial charge is 0.330 e. The fourth-order valence-corrected chi connectivity index (χ4v) is 1.02. The summed E-state index contributed by atoms with van der Waals surface area (Å²) in [6.45, 7) is 10.1. The molecule has 0 aliphatic rings. The number of ether oxygens (including phenoxy) is 2. The van der Waals surface area contributed by atoms with Crippen molar-refractivity contribution >= 4 is 11.9 Å². The number of esters is 2. The number of hydrogen-bond donors (Lipinski definition) is 0. The first kappa shape index (κ1) is 13.4. The van der Waals surface area contributed by atoms with E-state index in [4.69, 9.17) is 9.47 Å². The Hall–Kier alpha value is -1.58. The lowest BCUT2D eigenvalue weighted by molar-refractivity contribution is -0.160. The highest BCUT2D eigenvalue weighted by Gasteiger charge is 2.21. The van der Waals surface area contributed by atoms with E-state index in [1.165, 1.54) is 0 Å². The van der Waals surface area contributed by atoms with E-state index in [1.54, 1.807) is 6.92 Å². The molecule has 15 heavy (non-hydrogen) atoms. The highest BCUT2D eigenvalue weighted by molar-refractivity contribution is 5.82. The van der Waals surface area contributed by atoms with Gasteiger partial charge >= 0.3 is 11.9 Å². The zero-order valence-corrected chi connectivity index (χ0v) is 9.06. The normalized spacial score (nSPS) is 13.5. The first-order valence-electron chi connectivity index (χ1n) is 4.71. The van der Waals surface area contributed by atoms with Crippen molar-refractivity contribution in [2.45, 2.75) is 32.5 Å². The SMILES string of the molecule is C=CC(=O)OC(C)C(CC)OC(=O)C=C. The number of carbonyl (C=O) groups excluding carboxylic acids is 2. The lowest BCUT2D eigenvalue weighted by Crippen LogP contribution is -2.31. The van der Waals surface area contributed by atoms with Gasteiger partial charge in [-0.05, 0) is 13.3 Å². The van der Waals surface area contributed by atoms with Crippen molar-refractivity contribution in [3.8, 4) is 0 Å². The molecule has 0 aromatic carbocycles. The molecule has 0 aromatic heterocycles. The fraction of sp³-hybridized carbons (Fsp3) is 0.455. The first-order valence-corrected chi connectivity index (χ1v) is 4.71. The van der Waals surface area contributed by atoms with E-state index in [0.717, 1.165) is 12.2 Å². The fourth-order valence-electron chi connectivity index (χ4n) is 1.02. The van der Waals surface area contributed by atoms with E-state index in [9.17, 15) is 9.59 Å². The molecule has 2 unspecified atom stereocenters. The molecule has 0 N–H and O–H groups in total. The van der Waals surface area contributed by atoms with Crippen LogP contribution in [0.25, 0.3) is 0 Å². The zero-order chi connectivity index (χ0) is 11.8. The molecule has 0 saturated heterocycles. The molecule has 0 fully saturated rings. The Morgan fingerprint density at radius 1 is 1.20 bits per heavy atom. The second-order valence-corrected chi connectivity index (χ2v) is 2.93. The lowest BCUT2D eigenvalue weighted by Gasteiger charge is -2.21. The van der Waals surface area contributed by atoms with E-state index in [-0.39, 0.29) is 0 Å². The van der Waals surface area contributed by atoms with Gasteiger partial charge in [0.05, 0.1) is 0 Å².